The highest BCUT2D eigenvalue weighted by Gasteiger charge is 2.27. The van der Waals surface area contributed by atoms with Crippen LogP contribution in [0.4, 0.5) is 5.69 Å². The first-order valence-electron chi connectivity index (χ1n) is 8.49. The van der Waals surface area contributed by atoms with Gasteiger partial charge in [-0.25, -0.2) is 9.80 Å². The molecular formula is C20H20N2O4. The zero-order chi connectivity index (χ0) is 18.5. The van der Waals surface area contributed by atoms with Crippen LogP contribution in [-0.2, 0) is 9.59 Å². The quantitative estimate of drug-likeness (QED) is 0.610. The van der Waals surface area contributed by atoms with Crippen molar-refractivity contribution in [1.29, 1.82) is 0 Å². The lowest BCUT2D eigenvalue weighted by Crippen LogP contribution is -2.35. The van der Waals surface area contributed by atoms with Crippen molar-refractivity contribution in [3.05, 3.63) is 54.1 Å². The van der Waals surface area contributed by atoms with Crippen LogP contribution in [0.1, 0.15) is 25.3 Å². The summed E-state index contributed by atoms with van der Waals surface area (Å²) in [6, 6.07) is 14.4. The fourth-order valence-electron chi connectivity index (χ4n) is 2.63. The maximum atomic E-state index is 12.5. The predicted octanol–water partition coefficient (Wildman–Crippen LogP) is 3.48. The predicted molar refractivity (Wildman–Crippen MR) is 98.6 cm³/mol. The van der Waals surface area contributed by atoms with Crippen molar-refractivity contribution in [2.24, 2.45) is 5.10 Å². The topological polar surface area (TPSA) is 68.2 Å². The van der Waals surface area contributed by atoms with Gasteiger partial charge in [-0.2, -0.15) is 5.10 Å². The van der Waals surface area contributed by atoms with Crippen LogP contribution in [0.5, 0.6) is 11.5 Å². The summed E-state index contributed by atoms with van der Waals surface area (Å²) in [5.41, 5.74) is 1.85. The number of rotatable bonds is 5. The number of amides is 1. The summed E-state index contributed by atoms with van der Waals surface area (Å²) < 4.78 is 10.9. The molecule has 2 aromatic carbocycles. The van der Waals surface area contributed by atoms with Gasteiger partial charge in [0.25, 0.3) is 0 Å². The minimum absolute atomic E-state index is 0.151. The highest BCUT2D eigenvalue weighted by molar-refractivity contribution is 6.38. The Kier molecular flexibility index (Phi) is 5.31. The van der Waals surface area contributed by atoms with Crippen LogP contribution >= 0.6 is 0 Å². The van der Waals surface area contributed by atoms with E-state index in [-0.39, 0.29) is 24.5 Å². The number of aryl methyl sites for hydroxylation is 1. The summed E-state index contributed by atoms with van der Waals surface area (Å²) in [6.07, 6.45) is 0.450. The van der Waals surface area contributed by atoms with E-state index in [2.05, 4.69) is 5.10 Å². The van der Waals surface area contributed by atoms with Gasteiger partial charge in [0.05, 0.1) is 12.3 Å². The Labute approximate surface area is 152 Å². The zero-order valence-corrected chi connectivity index (χ0v) is 14.8. The third-order valence-corrected chi connectivity index (χ3v) is 3.87. The van der Waals surface area contributed by atoms with Gasteiger partial charge in [0.2, 0.25) is 5.91 Å². The number of nitrogens with zero attached hydrogens (tertiary/aromatic N) is 2. The van der Waals surface area contributed by atoms with Crippen LogP contribution in [-0.4, -0.2) is 24.2 Å². The van der Waals surface area contributed by atoms with Gasteiger partial charge in [0.1, 0.15) is 5.71 Å². The van der Waals surface area contributed by atoms with Crippen LogP contribution in [0, 0.1) is 6.92 Å². The minimum Gasteiger partial charge on any atom is -0.490 e. The molecule has 0 radical (unpaired) electrons. The van der Waals surface area contributed by atoms with E-state index in [0.717, 1.165) is 5.56 Å². The van der Waals surface area contributed by atoms with Gasteiger partial charge in [-0.3, -0.25) is 4.79 Å². The molecule has 0 bridgehead atoms. The van der Waals surface area contributed by atoms with E-state index in [9.17, 15) is 9.59 Å². The fourth-order valence-corrected chi connectivity index (χ4v) is 2.63. The van der Waals surface area contributed by atoms with Crippen molar-refractivity contribution in [2.45, 2.75) is 26.7 Å². The molecule has 0 aromatic heterocycles. The largest absolute Gasteiger partial charge is 0.490 e. The second-order valence-electron chi connectivity index (χ2n) is 5.86. The smallest absolute Gasteiger partial charge is 0.360 e. The van der Waals surface area contributed by atoms with Crippen molar-refractivity contribution < 1.29 is 19.1 Å². The average Bonchev–Trinajstić information content (AvgIpc) is 2.64. The summed E-state index contributed by atoms with van der Waals surface area (Å²) >= 11 is 0. The molecule has 3 rings (SSSR count). The zero-order valence-electron chi connectivity index (χ0n) is 14.8. The van der Waals surface area contributed by atoms with Crippen LogP contribution in [0.3, 0.4) is 0 Å². The molecule has 134 valence electrons. The maximum absolute atomic E-state index is 12.5. The summed E-state index contributed by atoms with van der Waals surface area (Å²) in [7, 11) is 0. The molecule has 0 atom stereocenters. The lowest BCUT2D eigenvalue weighted by molar-refractivity contribution is -0.127. The van der Waals surface area contributed by atoms with Gasteiger partial charge in [-0.05, 0) is 43.7 Å². The second kappa shape index (κ2) is 7.82. The molecule has 0 unspecified atom stereocenters. The van der Waals surface area contributed by atoms with Crippen molar-refractivity contribution in [3.63, 3.8) is 0 Å². The molecule has 6 nitrogen and oxygen atoms in total. The second-order valence-corrected chi connectivity index (χ2v) is 5.86. The normalized spacial score (nSPS) is 14.0. The molecular weight excluding hydrogens is 332 g/mol. The van der Waals surface area contributed by atoms with Crippen LogP contribution in [0.25, 0.3) is 0 Å². The molecule has 2 aromatic rings. The van der Waals surface area contributed by atoms with Gasteiger partial charge in [0, 0.05) is 12.8 Å². The van der Waals surface area contributed by atoms with Gasteiger partial charge in [-0.1, -0.05) is 24.3 Å². The molecule has 1 aliphatic rings. The number of para-hydroxylation sites is 2. The Hall–Kier alpha value is -3.15. The van der Waals surface area contributed by atoms with Crippen LogP contribution < -0.4 is 14.5 Å². The van der Waals surface area contributed by atoms with E-state index in [4.69, 9.17) is 9.47 Å². The fraction of sp³-hybridized carbons (Fsp3) is 0.250. The lowest BCUT2D eigenvalue weighted by atomic mass is 10.1. The summed E-state index contributed by atoms with van der Waals surface area (Å²) in [4.78, 5) is 24.7. The highest BCUT2D eigenvalue weighted by Crippen LogP contribution is 2.27. The molecule has 0 N–H and O–H groups in total. The summed E-state index contributed by atoms with van der Waals surface area (Å²) in [6.45, 7) is 4.25. The number of esters is 1. The standard InChI is InChI=1S/C20H20N2O4/c1-3-25-17-9-4-5-10-18(17)26-20(24)16-11-12-19(23)22(21-16)15-8-6-7-14(2)13-15/h4-10,13H,3,11-12H2,1-2H3. The van der Waals surface area contributed by atoms with Crippen molar-refractivity contribution in [2.75, 3.05) is 11.6 Å². The summed E-state index contributed by atoms with van der Waals surface area (Å²) in [5.74, 6) is 0.0941. The third kappa shape index (κ3) is 3.91. The summed E-state index contributed by atoms with van der Waals surface area (Å²) in [5, 5.41) is 5.50. The van der Waals surface area contributed by atoms with Crippen molar-refractivity contribution in [3.8, 4) is 11.5 Å². The monoisotopic (exact) mass is 352 g/mol. The van der Waals surface area contributed by atoms with Gasteiger partial charge in [0.15, 0.2) is 11.5 Å². The minimum atomic E-state index is -0.581. The number of hydrogen-bond acceptors (Lipinski definition) is 5. The lowest BCUT2D eigenvalue weighted by Gasteiger charge is -2.23. The Morgan fingerprint density at radius 1 is 1.12 bits per heavy atom. The highest BCUT2D eigenvalue weighted by atomic mass is 16.6. The number of benzene rings is 2. The molecule has 0 saturated heterocycles. The first-order chi connectivity index (χ1) is 12.6. The number of anilines is 1. The molecule has 0 spiro atoms. The van der Waals surface area contributed by atoms with Crippen molar-refractivity contribution in [1.82, 2.24) is 0 Å². The van der Waals surface area contributed by atoms with E-state index in [1.165, 1.54) is 5.01 Å². The SMILES string of the molecule is CCOc1ccccc1OC(=O)C1=NN(c2cccc(C)c2)C(=O)CC1. The molecule has 0 aliphatic carbocycles. The molecule has 1 aliphatic heterocycles. The Morgan fingerprint density at radius 2 is 1.88 bits per heavy atom. The molecule has 1 heterocycles. The number of carbonyl (C=O) groups excluding carboxylic acids is 2. The number of hydrogen-bond donors (Lipinski definition) is 0. The number of hydrazone groups is 1. The van der Waals surface area contributed by atoms with Gasteiger partial charge >= 0.3 is 5.97 Å². The first-order valence-corrected chi connectivity index (χ1v) is 8.49. The third-order valence-electron chi connectivity index (χ3n) is 3.87. The molecule has 26 heavy (non-hydrogen) atoms. The Morgan fingerprint density at radius 3 is 2.62 bits per heavy atom. The van der Waals surface area contributed by atoms with E-state index in [1.807, 2.05) is 32.0 Å². The molecule has 1 amide bonds. The molecule has 0 fully saturated rings. The maximum Gasteiger partial charge on any atom is 0.360 e. The van der Waals surface area contributed by atoms with Crippen LogP contribution in [0.15, 0.2) is 53.6 Å². The number of carbonyl (C=O) groups is 2. The van der Waals surface area contributed by atoms with Crippen LogP contribution in [0.2, 0.25) is 0 Å². The van der Waals surface area contributed by atoms with Gasteiger partial charge < -0.3 is 9.47 Å². The van der Waals surface area contributed by atoms with E-state index in [1.54, 1.807) is 30.3 Å². The van der Waals surface area contributed by atoms with E-state index >= 15 is 0 Å². The molecule has 6 heteroatoms. The Bertz CT molecular complexity index is 860. The number of ether oxygens (including phenoxy) is 2. The first kappa shape index (κ1) is 17.7. The van der Waals surface area contributed by atoms with Gasteiger partial charge in [-0.15, -0.1) is 0 Å². The van der Waals surface area contributed by atoms with Crippen molar-refractivity contribution >= 4 is 23.3 Å². The van der Waals surface area contributed by atoms with E-state index < -0.39 is 5.97 Å². The Balaban J connectivity index is 1.83. The van der Waals surface area contributed by atoms with E-state index in [0.29, 0.717) is 23.8 Å². The molecule has 0 saturated carbocycles. The average molecular weight is 352 g/mol.